The predicted octanol–water partition coefficient (Wildman–Crippen LogP) is 4.57. The fourth-order valence-electron chi connectivity index (χ4n) is 3.47. The highest BCUT2D eigenvalue weighted by Crippen LogP contribution is 2.34. The molecule has 1 aromatic heterocycles. The maximum Gasteiger partial charge on any atom is 0.191 e. The van der Waals surface area contributed by atoms with E-state index in [4.69, 9.17) is 9.47 Å². The van der Waals surface area contributed by atoms with Gasteiger partial charge in [-0.15, -0.1) is 35.3 Å². The summed E-state index contributed by atoms with van der Waals surface area (Å²) in [6.45, 7) is 5.39. The van der Waals surface area contributed by atoms with Crippen LogP contribution in [0.3, 0.4) is 0 Å². The fraction of sp³-hybridized carbons (Fsp3) is 0.524. The Labute approximate surface area is 194 Å². The van der Waals surface area contributed by atoms with Crippen LogP contribution in [0.2, 0.25) is 0 Å². The van der Waals surface area contributed by atoms with Gasteiger partial charge in [-0.05, 0) is 45.6 Å². The molecule has 1 fully saturated rings. The average molecular weight is 530 g/mol. The summed E-state index contributed by atoms with van der Waals surface area (Å²) in [6, 6.07) is 6.02. The Hall–Kier alpha value is -1.55. The lowest BCUT2D eigenvalue weighted by molar-refractivity contribution is 0.198. The van der Waals surface area contributed by atoms with Crippen molar-refractivity contribution < 1.29 is 9.47 Å². The van der Waals surface area contributed by atoms with Gasteiger partial charge in [0.05, 0.1) is 30.5 Å². The first-order chi connectivity index (χ1) is 13.6. The van der Waals surface area contributed by atoms with E-state index in [0.29, 0.717) is 13.1 Å². The number of para-hydroxylation sites is 1. The van der Waals surface area contributed by atoms with E-state index in [-0.39, 0.29) is 30.1 Å². The molecule has 2 N–H and O–H groups in total. The molecular weight excluding hydrogens is 499 g/mol. The number of methoxy groups -OCH3 is 1. The van der Waals surface area contributed by atoms with E-state index in [0.717, 1.165) is 46.6 Å². The van der Waals surface area contributed by atoms with Gasteiger partial charge >= 0.3 is 0 Å². The van der Waals surface area contributed by atoms with Gasteiger partial charge < -0.3 is 20.1 Å². The number of guanidine groups is 1. The van der Waals surface area contributed by atoms with Gasteiger partial charge in [0.25, 0.3) is 0 Å². The lowest BCUT2D eigenvalue weighted by Crippen LogP contribution is -2.36. The quantitative estimate of drug-likeness (QED) is 0.312. The molecule has 160 valence electrons. The molecule has 0 spiro atoms. The Balaban J connectivity index is 0.00000300. The van der Waals surface area contributed by atoms with Crippen LogP contribution in [0.1, 0.15) is 46.8 Å². The van der Waals surface area contributed by atoms with E-state index in [9.17, 15) is 0 Å². The van der Waals surface area contributed by atoms with Crippen LogP contribution < -0.4 is 20.1 Å². The van der Waals surface area contributed by atoms with Gasteiger partial charge in [-0.1, -0.05) is 12.1 Å². The summed E-state index contributed by atoms with van der Waals surface area (Å²) >= 11 is 1.71. The number of nitrogens with zero attached hydrogens (tertiary/aromatic N) is 2. The predicted molar refractivity (Wildman–Crippen MR) is 130 cm³/mol. The average Bonchev–Trinajstić information content (AvgIpc) is 3.31. The maximum absolute atomic E-state index is 6.31. The fourth-order valence-corrected chi connectivity index (χ4v) is 4.35. The van der Waals surface area contributed by atoms with Crippen LogP contribution in [-0.2, 0) is 13.1 Å². The molecule has 0 aliphatic heterocycles. The van der Waals surface area contributed by atoms with Gasteiger partial charge in [-0.2, -0.15) is 0 Å². The van der Waals surface area contributed by atoms with E-state index in [1.165, 1.54) is 17.7 Å². The molecule has 0 radical (unpaired) electrons. The van der Waals surface area contributed by atoms with E-state index >= 15 is 0 Å². The Morgan fingerprint density at radius 3 is 2.55 bits per heavy atom. The Kier molecular flexibility index (Phi) is 9.48. The second-order valence-corrected chi connectivity index (χ2v) is 8.28. The smallest absolute Gasteiger partial charge is 0.191 e. The zero-order valence-corrected chi connectivity index (χ0v) is 20.7. The second kappa shape index (κ2) is 11.6. The number of halogens is 1. The molecule has 0 bridgehead atoms. The van der Waals surface area contributed by atoms with Crippen LogP contribution in [0.4, 0.5) is 0 Å². The van der Waals surface area contributed by atoms with Gasteiger partial charge in [0.1, 0.15) is 0 Å². The van der Waals surface area contributed by atoms with Crippen LogP contribution in [0.5, 0.6) is 11.5 Å². The van der Waals surface area contributed by atoms with Crippen molar-refractivity contribution in [3.63, 3.8) is 0 Å². The van der Waals surface area contributed by atoms with Crippen molar-refractivity contribution in [1.29, 1.82) is 0 Å². The minimum Gasteiger partial charge on any atom is -0.493 e. The van der Waals surface area contributed by atoms with Crippen LogP contribution in [0, 0.1) is 13.8 Å². The first kappa shape index (κ1) is 23.7. The third-order valence-corrected chi connectivity index (χ3v) is 6.03. The molecular formula is C21H31IN4O2S. The van der Waals surface area contributed by atoms with Gasteiger partial charge in [0.15, 0.2) is 17.5 Å². The van der Waals surface area contributed by atoms with Crippen LogP contribution >= 0.6 is 35.3 Å². The summed E-state index contributed by atoms with van der Waals surface area (Å²) in [5.41, 5.74) is 2.14. The molecule has 0 atom stereocenters. The SMILES string of the molecule is CN=C(NCc1cccc(OC)c1OC1CCCC1)NCc1sc(C)nc1C.I. The zero-order valence-electron chi connectivity index (χ0n) is 17.6. The normalized spacial score (nSPS) is 14.4. The van der Waals surface area contributed by atoms with E-state index in [2.05, 4.69) is 26.7 Å². The highest BCUT2D eigenvalue weighted by atomic mass is 127. The molecule has 3 rings (SSSR count). The summed E-state index contributed by atoms with van der Waals surface area (Å²) in [4.78, 5) is 10.0. The molecule has 29 heavy (non-hydrogen) atoms. The summed E-state index contributed by atoms with van der Waals surface area (Å²) in [5.74, 6) is 2.37. The van der Waals surface area contributed by atoms with Crippen molar-refractivity contribution in [2.75, 3.05) is 14.2 Å². The highest BCUT2D eigenvalue weighted by Gasteiger charge is 2.20. The molecule has 0 unspecified atom stereocenters. The third-order valence-electron chi connectivity index (χ3n) is 4.95. The molecule has 6 nitrogen and oxygen atoms in total. The monoisotopic (exact) mass is 530 g/mol. The second-order valence-electron chi connectivity index (χ2n) is 6.99. The van der Waals surface area contributed by atoms with Crippen molar-refractivity contribution >= 4 is 41.3 Å². The molecule has 1 aromatic carbocycles. The first-order valence-electron chi connectivity index (χ1n) is 9.80. The maximum atomic E-state index is 6.31. The van der Waals surface area contributed by atoms with Crippen LogP contribution in [0.25, 0.3) is 0 Å². The van der Waals surface area contributed by atoms with E-state index in [1.54, 1.807) is 25.5 Å². The number of benzene rings is 1. The Bertz CT molecular complexity index is 819. The van der Waals surface area contributed by atoms with Crippen molar-refractivity contribution in [2.45, 2.75) is 58.7 Å². The number of rotatable bonds is 7. The number of thiazole rings is 1. The largest absolute Gasteiger partial charge is 0.493 e. The molecule has 8 heteroatoms. The number of hydrogen-bond donors (Lipinski definition) is 2. The number of hydrogen-bond acceptors (Lipinski definition) is 5. The molecule has 1 saturated carbocycles. The summed E-state index contributed by atoms with van der Waals surface area (Å²) in [7, 11) is 3.47. The molecule has 0 saturated heterocycles. The molecule has 2 aromatic rings. The minimum absolute atomic E-state index is 0. The van der Waals surface area contributed by atoms with Crippen LogP contribution in [-0.4, -0.2) is 31.2 Å². The number of aliphatic imine (C=N–C) groups is 1. The Morgan fingerprint density at radius 1 is 1.21 bits per heavy atom. The highest BCUT2D eigenvalue weighted by molar-refractivity contribution is 14.0. The van der Waals surface area contributed by atoms with E-state index < -0.39 is 0 Å². The van der Waals surface area contributed by atoms with Gasteiger partial charge in [-0.25, -0.2) is 4.98 Å². The van der Waals surface area contributed by atoms with Crippen molar-refractivity contribution in [3.8, 4) is 11.5 Å². The lowest BCUT2D eigenvalue weighted by atomic mass is 10.1. The number of aromatic nitrogens is 1. The topological polar surface area (TPSA) is 67.8 Å². The molecule has 0 amide bonds. The summed E-state index contributed by atoms with van der Waals surface area (Å²) in [6.07, 6.45) is 4.98. The van der Waals surface area contributed by atoms with Gasteiger partial charge in [0, 0.05) is 24.0 Å². The van der Waals surface area contributed by atoms with Crippen molar-refractivity contribution in [1.82, 2.24) is 15.6 Å². The third kappa shape index (κ3) is 6.47. The zero-order chi connectivity index (χ0) is 19.9. The van der Waals surface area contributed by atoms with Gasteiger partial charge in [0.2, 0.25) is 0 Å². The standard InChI is InChI=1S/C21H30N4O2S.HI/c1-14-19(28-15(2)25-14)13-24-21(22-3)23-12-16-8-7-11-18(26-4)20(16)27-17-9-5-6-10-17;/h7-8,11,17H,5-6,9-10,12-13H2,1-4H3,(H2,22,23,24);1H. The Morgan fingerprint density at radius 2 is 1.93 bits per heavy atom. The number of nitrogens with one attached hydrogen (secondary N) is 2. The minimum atomic E-state index is 0. The lowest BCUT2D eigenvalue weighted by Gasteiger charge is -2.20. The molecule has 1 aliphatic carbocycles. The number of aryl methyl sites for hydroxylation is 2. The molecule has 1 heterocycles. The first-order valence-corrected chi connectivity index (χ1v) is 10.6. The van der Waals surface area contributed by atoms with Crippen molar-refractivity contribution in [3.05, 3.63) is 39.3 Å². The van der Waals surface area contributed by atoms with E-state index in [1.807, 2.05) is 26.0 Å². The summed E-state index contributed by atoms with van der Waals surface area (Å²) < 4.78 is 11.9. The van der Waals surface area contributed by atoms with Gasteiger partial charge in [-0.3, -0.25) is 4.99 Å². The van der Waals surface area contributed by atoms with Crippen molar-refractivity contribution in [2.24, 2.45) is 4.99 Å². The number of ether oxygens (including phenoxy) is 2. The summed E-state index contributed by atoms with van der Waals surface area (Å²) in [5, 5.41) is 7.84. The van der Waals surface area contributed by atoms with Crippen LogP contribution in [0.15, 0.2) is 23.2 Å². The molecule has 1 aliphatic rings.